The number of aromatic amines is 1. The van der Waals surface area contributed by atoms with E-state index in [1.165, 1.54) is 0 Å². The van der Waals surface area contributed by atoms with Crippen molar-refractivity contribution in [3.63, 3.8) is 0 Å². The molecule has 1 aromatic carbocycles. The van der Waals surface area contributed by atoms with Gasteiger partial charge in [0.1, 0.15) is 23.1 Å². The number of methoxy groups -OCH3 is 3. The van der Waals surface area contributed by atoms with Crippen LogP contribution in [0, 0.1) is 0 Å². The smallest absolute Gasteiger partial charge is 0.254 e. The molecule has 0 radical (unpaired) electrons. The standard InChI is InChI=1S/C20H25N3O4/c1-25-13-8-17(26-2)15(18(9-13)27-3)10-23-7-6-14-16(11-23)21-19(12-4-5-12)22-20(14)24/h8-9,12H,4-7,10-11H2,1-3H3,(H,21,22,24). The Balaban J connectivity index is 1.61. The lowest BCUT2D eigenvalue weighted by molar-refractivity contribution is 0.232. The number of ether oxygens (including phenoxy) is 3. The van der Waals surface area contributed by atoms with E-state index in [9.17, 15) is 4.79 Å². The van der Waals surface area contributed by atoms with Crippen molar-refractivity contribution >= 4 is 0 Å². The lowest BCUT2D eigenvalue weighted by Gasteiger charge is -2.29. The highest BCUT2D eigenvalue weighted by atomic mass is 16.5. The zero-order chi connectivity index (χ0) is 19.0. The summed E-state index contributed by atoms with van der Waals surface area (Å²) in [6.07, 6.45) is 2.93. The minimum Gasteiger partial charge on any atom is -0.496 e. The molecule has 1 aromatic heterocycles. The molecule has 2 heterocycles. The Hall–Kier alpha value is -2.54. The van der Waals surface area contributed by atoms with Gasteiger partial charge >= 0.3 is 0 Å². The number of benzene rings is 1. The van der Waals surface area contributed by atoms with Crippen molar-refractivity contribution in [3.8, 4) is 17.2 Å². The van der Waals surface area contributed by atoms with Crippen LogP contribution in [0.3, 0.4) is 0 Å². The molecule has 144 valence electrons. The maximum atomic E-state index is 12.4. The van der Waals surface area contributed by atoms with Crippen molar-refractivity contribution in [3.05, 3.63) is 45.1 Å². The third-order valence-electron chi connectivity index (χ3n) is 5.33. The van der Waals surface area contributed by atoms with Crippen molar-refractivity contribution in [1.29, 1.82) is 0 Å². The molecule has 2 aromatic rings. The van der Waals surface area contributed by atoms with Gasteiger partial charge in [0.05, 0.1) is 32.6 Å². The number of aromatic nitrogens is 2. The summed E-state index contributed by atoms with van der Waals surface area (Å²) in [5, 5.41) is 0. The molecular weight excluding hydrogens is 346 g/mol. The summed E-state index contributed by atoms with van der Waals surface area (Å²) < 4.78 is 16.4. The normalized spacial score (nSPS) is 16.7. The van der Waals surface area contributed by atoms with Gasteiger partial charge in [-0.25, -0.2) is 4.98 Å². The molecule has 1 aliphatic heterocycles. The van der Waals surface area contributed by atoms with E-state index in [0.717, 1.165) is 53.5 Å². The van der Waals surface area contributed by atoms with Crippen LogP contribution in [-0.2, 0) is 19.5 Å². The van der Waals surface area contributed by atoms with E-state index in [-0.39, 0.29) is 5.56 Å². The Morgan fingerprint density at radius 2 is 1.85 bits per heavy atom. The Morgan fingerprint density at radius 1 is 1.15 bits per heavy atom. The molecule has 7 heteroatoms. The zero-order valence-electron chi connectivity index (χ0n) is 16.0. The third kappa shape index (κ3) is 3.51. The fourth-order valence-corrected chi connectivity index (χ4v) is 3.66. The molecule has 1 N–H and O–H groups in total. The fraction of sp³-hybridized carbons (Fsp3) is 0.500. The lowest BCUT2D eigenvalue weighted by Crippen LogP contribution is -2.35. The van der Waals surface area contributed by atoms with E-state index in [2.05, 4.69) is 9.88 Å². The summed E-state index contributed by atoms with van der Waals surface area (Å²) in [6.45, 7) is 2.10. The Morgan fingerprint density at radius 3 is 2.44 bits per heavy atom. The maximum Gasteiger partial charge on any atom is 0.254 e. The highest BCUT2D eigenvalue weighted by Crippen LogP contribution is 2.38. The molecule has 1 saturated carbocycles. The SMILES string of the molecule is COc1cc(OC)c(CN2CCc3c(nc(C4CC4)[nH]c3=O)C2)c(OC)c1. The lowest BCUT2D eigenvalue weighted by atomic mass is 10.0. The monoisotopic (exact) mass is 371 g/mol. The van der Waals surface area contributed by atoms with Gasteiger partial charge in [-0.3, -0.25) is 9.69 Å². The second-order valence-electron chi connectivity index (χ2n) is 7.12. The fourth-order valence-electron chi connectivity index (χ4n) is 3.66. The molecular formula is C20H25N3O4. The number of hydrogen-bond acceptors (Lipinski definition) is 6. The van der Waals surface area contributed by atoms with Gasteiger partial charge in [0.25, 0.3) is 5.56 Å². The summed E-state index contributed by atoms with van der Waals surface area (Å²) in [7, 11) is 4.91. The van der Waals surface area contributed by atoms with Crippen LogP contribution >= 0.6 is 0 Å². The summed E-state index contributed by atoms with van der Waals surface area (Å²) >= 11 is 0. The van der Waals surface area contributed by atoms with Gasteiger partial charge in [-0.15, -0.1) is 0 Å². The third-order valence-corrected chi connectivity index (χ3v) is 5.33. The van der Waals surface area contributed by atoms with Crippen molar-refractivity contribution in [2.45, 2.75) is 38.3 Å². The first-order valence-corrected chi connectivity index (χ1v) is 9.26. The first kappa shape index (κ1) is 17.9. The largest absolute Gasteiger partial charge is 0.496 e. The van der Waals surface area contributed by atoms with Gasteiger partial charge in [-0.2, -0.15) is 0 Å². The van der Waals surface area contributed by atoms with Crippen molar-refractivity contribution in [2.75, 3.05) is 27.9 Å². The predicted molar refractivity (Wildman–Crippen MR) is 101 cm³/mol. The topological polar surface area (TPSA) is 76.7 Å². The summed E-state index contributed by atoms with van der Waals surface area (Å²) in [5.41, 5.74) is 2.72. The van der Waals surface area contributed by atoms with Gasteiger partial charge in [0.2, 0.25) is 0 Å². The van der Waals surface area contributed by atoms with E-state index >= 15 is 0 Å². The summed E-state index contributed by atoms with van der Waals surface area (Å²) in [4.78, 5) is 22.4. The van der Waals surface area contributed by atoms with Crippen LogP contribution in [0.5, 0.6) is 17.2 Å². The highest BCUT2D eigenvalue weighted by molar-refractivity contribution is 5.50. The Labute approximate surface area is 158 Å². The van der Waals surface area contributed by atoms with Gasteiger partial charge in [-0.1, -0.05) is 0 Å². The summed E-state index contributed by atoms with van der Waals surface area (Å²) in [5.74, 6) is 3.43. The van der Waals surface area contributed by atoms with Gasteiger partial charge in [0, 0.05) is 43.2 Å². The molecule has 1 aliphatic carbocycles. The predicted octanol–water partition coefficient (Wildman–Crippen LogP) is 2.23. The Kier molecular flexibility index (Phi) is 4.78. The minimum atomic E-state index is 0.0289. The van der Waals surface area contributed by atoms with E-state index in [0.29, 0.717) is 31.2 Å². The molecule has 0 bridgehead atoms. The molecule has 1 fully saturated rings. The molecule has 0 saturated heterocycles. The van der Waals surface area contributed by atoms with E-state index < -0.39 is 0 Å². The molecule has 0 amide bonds. The van der Waals surface area contributed by atoms with Crippen LogP contribution in [0.2, 0.25) is 0 Å². The number of nitrogens with zero attached hydrogens (tertiary/aromatic N) is 2. The van der Waals surface area contributed by atoms with E-state index in [1.807, 2.05) is 12.1 Å². The number of fused-ring (bicyclic) bond motifs is 1. The van der Waals surface area contributed by atoms with E-state index in [1.54, 1.807) is 21.3 Å². The first-order valence-electron chi connectivity index (χ1n) is 9.26. The first-order chi connectivity index (χ1) is 13.1. The minimum absolute atomic E-state index is 0.0289. The van der Waals surface area contributed by atoms with Gasteiger partial charge < -0.3 is 19.2 Å². The quantitative estimate of drug-likeness (QED) is 0.839. The average Bonchev–Trinajstić information content (AvgIpc) is 3.53. The maximum absolute atomic E-state index is 12.4. The molecule has 27 heavy (non-hydrogen) atoms. The van der Waals surface area contributed by atoms with Gasteiger partial charge in [0.15, 0.2) is 0 Å². The zero-order valence-corrected chi connectivity index (χ0v) is 16.0. The number of rotatable bonds is 6. The second-order valence-corrected chi connectivity index (χ2v) is 7.12. The molecule has 7 nitrogen and oxygen atoms in total. The molecule has 0 spiro atoms. The van der Waals surface area contributed by atoms with Crippen LogP contribution in [0.25, 0.3) is 0 Å². The van der Waals surface area contributed by atoms with Gasteiger partial charge in [-0.05, 0) is 19.3 Å². The number of H-pyrrole nitrogens is 1. The van der Waals surface area contributed by atoms with Crippen LogP contribution in [0.1, 0.15) is 41.4 Å². The highest BCUT2D eigenvalue weighted by Gasteiger charge is 2.29. The summed E-state index contributed by atoms with van der Waals surface area (Å²) in [6, 6.07) is 3.73. The van der Waals surface area contributed by atoms with Crippen molar-refractivity contribution in [1.82, 2.24) is 14.9 Å². The van der Waals surface area contributed by atoms with Crippen molar-refractivity contribution < 1.29 is 14.2 Å². The van der Waals surface area contributed by atoms with Crippen LogP contribution in [0.4, 0.5) is 0 Å². The van der Waals surface area contributed by atoms with E-state index in [4.69, 9.17) is 19.2 Å². The van der Waals surface area contributed by atoms with Crippen LogP contribution in [-0.4, -0.2) is 42.7 Å². The van der Waals surface area contributed by atoms with Crippen LogP contribution in [0.15, 0.2) is 16.9 Å². The number of hydrogen-bond donors (Lipinski definition) is 1. The molecule has 2 aliphatic rings. The molecule has 0 unspecified atom stereocenters. The van der Waals surface area contributed by atoms with Crippen molar-refractivity contribution in [2.24, 2.45) is 0 Å². The average molecular weight is 371 g/mol. The number of nitrogens with one attached hydrogen (secondary N) is 1. The molecule has 4 rings (SSSR count). The second kappa shape index (κ2) is 7.23. The Bertz CT molecular complexity index is 880. The van der Waals surface area contributed by atoms with Crippen LogP contribution < -0.4 is 19.8 Å². The molecule has 0 atom stereocenters.